The molecule has 0 aromatic carbocycles. The summed E-state index contributed by atoms with van der Waals surface area (Å²) in [6, 6.07) is 0. The highest BCUT2D eigenvalue weighted by molar-refractivity contribution is 5.79. The standard InChI is InChI=1S/C60H96O28/c1-23-32(63)35(66)41(72)50(80-23)85-45-27(21-62)82-49(44(75)40(45)71)79-22-28-34(65)37(68)43(74)52(83-28)88-54(78)60-17-15-55(2,3)19-25(60)24-9-10-30-57(6)13-12-31(56(4,5)29(57)11-14-59(30,8)58(24,7)16-18-60)84-53-47(39(70)38(69)46(86-53)48(76)77)87-51-42(73)36(67)33(64)26(20-61)81-51/h9,23,25-47,49-53,61-75H,10-22H2,1-8H3,(H,76,77)/t23-,25-,26+,27+,28+,29-,30+,31-,32-,33+,34+,35+,36-,37-,38-,39-,40+,41+,42+,43+,44+,45+,46-,47+,49+,50-,51-,52-,53+,57-,58+,59+,60-/m0/s1. The van der Waals surface area contributed by atoms with Gasteiger partial charge in [-0.05, 0) is 116 Å². The van der Waals surface area contributed by atoms with Crippen LogP contribution in [0, 0.1) is 50.2 Å². The highest BCUT2D eigenvalue weighted by Crippen LogP contribution is 2.76. The van der Waals surface area contributed by atoms with E-state index in [2.05, 4.69) is 54.5 Å². The van der Waals surface area contributed by atoms with Crippen LogP contribution < -0.4 is 0 Å². The zero-order valence-electron chi connectivity index (χ0n) is 51.1. The van der Waals surface area contributed by atoms with Crippen LogP contribution in [0.1, 0.15) is 120 Å². The second-order valence-corrected chi connectivity index (χ2v) is 29.1. The van der Waals surface area contributed by atoms with Crippen molar-refractivity contribution in [1.82, 2.24) is 0 Å². The third kappa shape index (κ3) is 11.4. The van der Waals surface area contributed by atoms with Crippen LogP contribution in [0.15, 0.2) is 11.6 Å². The van der Waals surface area contributed by atoms with Crippen molar-refractivity contribution in [2.45, 2.75) is 279 Å². The average Bonchev–Trinajstić information content (AvgIpc) is 0.679. The number of hydrogen-bond donors (Lipinski definition) is 16. The Morgan fingerprint density at radius 1 is 0.534 bits per heavy atom. The highest BCUT2D eigenvalue weighted by atomic mass is 16.8. The number of esters is 1. The van der Waals surface area contributed by atoms with Gasteiger partial charge in [0.2, 0.25) is 6.29 Å². The van der Waals surface area contributed by atoms with Crippen molar-refractivity contribution >= 4 is 11.9 Å². The van der Waals surface area contributed by atoms with Crippen molar-refractivity contribution in [3.63, 3.8) is 0 Å². The largest absolute Gasteiger partial charge is 0.479 e. The molecule has 5 heterocycles. The topological polar surface area (TPSA) is 450 Å². The number of ether oxygens (including phenoxy) is 10. The lowest BCUT2D eigenvalue weighted by Gasteiger charge is -2.71. The molecule has 0 spiro atoms. The van der Waals surface area contributed by atoms with Crippen molar-refractivity contribution in [2.75, 3.05) is 19.8 Å². The third-order valence-electron chi connectivity index (χ3n) is 23.4. The summed E-state index contributed by atoms with van der Waals surface area (Å²) in [4.78, 5) is 27.7. The van der Waals surface area contributed by atoms with Gasteiger partial charge in [-0.3, -0.25) is 4.79 Å². The van der Waals surface area contributed by atoms with Crippen LogP contribution in [0.2, 0.25) is 0 Å². The van der Waals surface area contributed by atoms with Gasteiger partial charge in [0.05, 0.1) is 37.4 Å². The molecular weight excluding hydrogens is 1170 g/mol. The Morgan fingerprint density at radius 2 is 1.09 bits per heavy atom. The Morgan fingerprint density at radius 3 is 1.74 bits per heavy atom. The summed E-state index contributed by atoms with van der Waals surface area (Å²) in [6.45, 7) is 14.7. The molecule has 28 heteroatoms. The molecule has 9 fully saturated rings. The molecule has 16 N–H and O–H groups in total. The molecule has 4 saturated carbocycles. The fraction of sp³-hybridized carbons (Fsp3) is 0.933. The Hall–Kier alpha value is -2.28. The average molecular weight is 1270 g/mol. The molecule has 28 nitrogen and oxygen atoms in total. The predicted molar refractivity (Wildman–Crippen MR) is 295 cm³/mol. The van der Waals surface area contributed by atoms with Crippen LogP contribution in [0.25, 0.3) is 0 Å². The first-order chi connectivity index (χ1) is 41.1. The molecule has 0 unspecified atom stereocenters. The van der Waals surface area contributed by atoms with Gasteiger partial charge in [0.25, 0.3) is 0 Å². The number of hydrogen-bond acceptors (Lipinski definition) is 27. The Bertz CT molecular complexity index is 2500. The number of fused-ring (bicyclic) bond motifs is 7. The van der Waals surface area contributed by atoms with Gasteiger partial charge >= 0.3 is 11.9 Å². The molecule has 5 aliphatic carbocycles. The number of aliphatic carboxylic acids is 1. The normalized spacial score (nSPS) is 53.5. The van der Waals surface area contributed by atoms with Crippen LogP contribution in [0.4, 0.5) is 0 Å². The lowest BCUT2D eigenvalue weighted by Crippen LogP contribution is -2.67. The molecule has 0 aromatic heterocycles. The van der Waals surface area contributed by atoms with E-state index in [-0.39, 0.29) is 34.0 Å². The minimum Gasteiger partial charge on any atom is -0.479 e. The number of carbonyl (C=O) groups excluding carboxylic acids is 1. The molecule has 5 saturated heterocycles. The van der Waals surface area contributed by atoms with E-state index >= 15 is 4.79 Å². The van der Waals surface area contributed by atoms with Gasteiger partial charge in [-0.25, -0.2) is 4.79 Å². The molecule has 88 heavy (non-hydrogen) atoms. The first kappa shape index (κ1) is 68.6. The van der Waals surface area contributed by atoms with Crippen molar-refractivity contribution < 1.29 is 139 Å². The van der Waals surface area contributed by atoms with Crippen molar-refractivity contribution in [3.8, 4) is 0 Å². The first-order valence-electron chi connectivity index (χ1n) is 31.2. The summed E-state index contributed by atoms with van der Waals surface area (Å²) in [5, 5.41) is 172. The second-order valence-electron chi connectivity index (χ2n) is 29.1. The number of aliphatic hydroxyl groups excluding tert-OH is 15. The number of carboxylic acids is 1. The third-order valence-corrected chi connectivity index (χ3v) is 23.4. The maximum Gasteiger partial charge on any atom is 0.335 e. The number of carbonyl (C=O) groups is 2. The van der Waals surface area contributed by atoms with Crippen LogP contribution in [0.3, 0.4) is 0 Å². The molecule has 5 aliphatic heterocycles. The molecule has 0 amide bonds. The summed E-state index contributed by atoms with van der Waals surface area (Å²) < 4.78 is 59.1. The van der Waals surface area contributed by atoms with Gasteiger partial charge < -0.3 is 129 Å². The molecule has 504 valence electrons. The van der Waals surface area contributed by atoms with Crippen LogP contribution in [-0.2, 0) is 57.0 Å². The van der Waals surface area contributed by atoms with Gasteiger partial charge in [-0.1, -0.05) is 60.1 Å². The van der Waals surface area contributed by atoms with E-state index in [0.717, 1.165) is 18.4 Å². The zero-order valence-corrected chi connectivity index (χ0v) is 51.1. The molecule has 0 radical (unpaired) electrons. The molecule has 10 rings (SSSR count). The van der Waals surface area contributed by atoms with Gasteiger partial charge in [0.1, 0.15) is 110 Å². The zero-order chi connectivity index (χ0) is 64.4. The maximum atomic E-state index is 15.3. The highest BCUT2D eigenvalue weighted by Gasteiger charge is 2.70. The van der Waals surface area contributed by atoms with E-state index in [1.54, 1.807) is 0 Å². The van der Waals surface area contributed by atoms with E-state index in [1.165, 1.54) is 6.92 Å². The van der Waals surface area contributed by atoms with Crippen molar-refractivity contribution in [2.24, 2.45) is 50.2 Å². The predicted octanol–water partition coefficient (Wildman–Crippen LogP) is -3.09. The molecule has 33 atom stereocenters. The quantitative estimate of drug-likeness (QED) is 0.0466. The molecular formula is C60H96O28. The summed E-state index contributed by atoms with van der Waals surface area (Å²) in [5.41, 5.74) is -1.79. The van der Waals surface area contributed by atoms with Gasteiger partial charge in [-0.15, -0.1) is 0 Å². The van der Waals surface area contributed by atoms with E-state index in [1.807, 2.05) is 0 Å². The fourth-order valence-corrected chi connectivity index (χ4v) is 17.8. The smallest absolute Gasteiger partial charge is 0.335 e. The first-order valence-corrected chi connectivity index (χ1v) is 31.2. The fourth-order valence-electron chi connectivity index (χ4n) is 17.8. The van der Waals surface area contributed by atoms with Crippen molar-refractivity contribution in [3.05, 3.63) is 11.6 Å². The minimum atomic E-state index is -2.02. The summed E-state index contributed by atoms with van der Waals surface area (Å²) in [7, 11) is 0. The summed E-state index contributed by atoms with van der Waals surface area (Å²) in [5.74, 6) is -2.39. The molecule has 0 aromatic rings. The number of allylic oxidation sites excluding steroid dienone is 2. The van der Waals surface area contributed by atoms with Crippen LogP contribution in [-0.4, -0.2) is 273 Å². The minimum absolute atomic E-state index is 0.0115. The van der Waals surface area contributed by atoms with Crippen LogP contribution in [0.5, 0.6) is 0 Å². The van der Waals surface area contributed by atoms with Gasteiger partial charge in [0, 0.05) is 0 Å². The molecule has 0 bridgehead atoms. The van der Waals surface area contributed by atoms with Gasteiger partial charge in [-0.2, -0.15) is 0 Å². The summed E-state index contributed by atoms with van der Waals surface area (Å²) >= 11 is 0. The lowest BCUT2D eigenvalue weighted by molar-refractivity contribution is -0.374. The number of rotatable bonds is 14. The van der Waals surface area contributed by atoms with Crippen LogP contribution >= 0.6 is 0 Å². The molecule has 10 aliphatic rings. The maximum absolute atomic E-state index is 15.3. The van der Waals surface area contributed by atoms with E-state index in [0.29, 0.717) is 51.4 Å². The second kappa shape index (κ2) is 25.1. The van der Waals surface area contributed by atoms with E-state index < -0.39 is 208 Å². The van der Waals surface area contributed by atoms with E-state index in [9.17, 15) is 86.5 Å². The lowest BCUT2D eigenvalue weighted by atomic mass is 9.33. The van der Waals surface area contributed by atoms with Crippen molar-refractivity contribution in [1.29, 1.82) is 0 Å². The monoisotopic (exact) mass is 1260 g/mol. The number of aliphatic hydroxyl groups is 15. The van der Waals surface area contributed by atoms with Gasteiger partial charge in [0.15, 0.2) is 31.3 Å². The Balaban J connectivity index is 0.837. The summed E-state index contributed by atoms with van der Waals surface area (Å²) in [6.07, 6.45) is -35.1. The Labute approximate surface area is 510 Å². The SMILES string of the molecule is C[C@@H]1O[C@@H](O[C@H]2[C@H](O)[C@@H](O)[C@H](OC[C@H]3O[C@@H](OC(=O)[C@]45CCC(C)(C)C[C@H]4C4=CC[C@@H]6[C@@]7(C)CC[C@H](O[C@@H]8O[C@H](C(=O)O)[C@@H](O)[C@H](O)[C@H]8O[C@@H]8O[C@H](CO)[C@@H](O)[C@H](O)[C@H]8O)C(C)(C)[C@@H]7CC[C@@]6(C)[C@]4(C)CC5)[C@H](O)[C@@H](O)[C@@H]3O)O[C@@H]2CO)[C@H](O)[C@H](O)[C@H]1O. The number of carboxylic acid groups (broad SMARTS) is 1. The Kier molecular flexibility index (Phi) is 19.6. The van der Waals surface area contributed by atoms with E-state index in [4.69, 9.17) is 47.4 Å².